The molecule has 5 rings (SSSR count). The Morgan fingerprint density at radius 3 is 2.91 bits per heavy atom. The lowest BCUT2D eigenvalue weighted by Gasteiger charge is -2.25. The van der Waals surface area contributed by atoms with Gasteiger partial charge in [0.2, 0.25) is 11.8 Å². The van der Waals surface area contributed by atoms with Gasteiger partial charge in [0.25, 0.3) is 5.56 Å². The van der Waals surface area contributed by atoms with E-state index in [4.69, 9.17) is 9.72 Å². The van der Waals surface area contributed by atoms with Crippen molar-refractivity contribution in [3.8, 4) is 0 Å². The zero-order chi connectivity index (χ0) is 24.5. The number of nitrogens with one attached hydrogen (secondary N) is 1. The minimum atomic E-state index is -0.510. The second-order valence-electron chi connectivity index (χ2n) is 8.64. The Hall–Kier alpha value is -2.76. The maximum absolute atomic E-state index is 13.9. The largest absolute Gasteiger partial charge is 0.376 e. The lowest BCUT2D eigenvalue weighted by molar-refractivity contribution is -0.129. The number of thioether (sulfide) groups is 1. The topological polar surface area (TPSA) is 93.5 Å². The van der Waals surface area contributed by atoms with Crippen LogP contribution in [0.15, 0.2) is 34.2 Å². The van der Waals surface area contributed by atoms with Crippen LogP contribution >= 0.6 is 23.1 Å². The summed E-state index contributed by atoms with van der Waals surface area (Å²) in [5, 5.41) is 3.61. The predicted molar refractivity (Wildman–Crippen MR) is 133 cm³/mol. The van der Waals surface area contributed by atoms with E-state index < -0.39 is 5.82 Å². The van der Waals surface area contributed by atoms with Crippen LogP contribution in [-0.2, 0) is 33.8 Å². The van der Waals surface area contributed by atoms with Gasteiger partial charge in [-0.1, -0.05) is 23.9 Å². The molecule has 0 aliphatic carbocycles. The number of benzene rings is 1. The van der Waals surface area contributed by atoms with Gasteiger partial charge in [0.1, 0.15) is 10.6 Å². The minimum Gasteiger partial charge on any atom is -0.376 e. The van der Waals surface area contributed by atoms with E-state index in [1.807, 2.05) is 0 Å². The third-order valence-electron chi connectivity index (χ3n) is 6.26. The molecule has 11 heteroatoms. The van der Waals surface area contributed by atoms with Crippen LogP contribution in [0.1, 0.15) is 30.2 Å². The molecule has 0 bridgehead atoms. The van der Waals surface area contributed by atoms with Crippen molar-refractivity contribution in [2.45, 2.75) is 50.5 Å². The quantitative estimate of drug-likeness (QED) is 0.399. The number of halogens is 1. The number of para-hydroxylation sites is 1. The fraction of sp³-hybridized carbons (Fsp3) is 0.417. The molecule has 1 aromatic carbocycles. The van der Waals surface area contributed by atoms with Crippen molar-refractivity contribution in [1.82, 2.24) is 14.5 Å². The highest BCUT2D eigenvalue weighted by Crippen LogP contribution is 2.34. The first-order valence-electron chi connectivity index (χ1n) is 11.5. The maximum Gasteiger partial charge on any atom is 0.263 e. The van der Waals surface area contributed by atoms with Gasteiger partial charge in [-0.2, -0.15) is 0 Å². The lowest BCUT2D eigenvalue weighted by atomic mass is 10.1. The van der Waals surface area contributed by atoms with Crippen LogP contribution in [-0.4, -0.2) is 51.3 Å². The Morgan fingerprint density at radius 2 is 2.17 bits per heavy atom. The number of anilines is 1. The molecule has 2 aliphatic heterocycles. The highest BCUT2D eigenvalue weighted by molar-refractivity contribution is 7.99. The average Bonchev–Trinajstić information content (AvgIpc) is 3.48. The zero-order valence-corrected chi connectivity index (χ0v) is 20.8. The van der Waals surface area contributed by atoms with Crippen LogP contribution in [0.4, 0.5) is 10.1 Å². The molecule has 0 spiro atoms. The summed E-state index contributed by atoms with van der Waals surface area (Å²) >= 11 is 2.57. The monoisotopic (exact) mass is 516 g/mol. The number of carbonyl (C=O) groups is 2. The zero-order valence-electron chi connectivity index (χ0n) is 19.2. The van der Waals surface area contributed by atoms with Crippen molar-refractivity contribution in [2.75, 3.05) is 24.2 Å². The molecule has 1 atom stereocenters. The van der Waals surface area contributed by atoms with Crippen LogP contribution in [0.5, 0.6) is 0 Å². The number of thiophene rings is 1. The molecule has 35 heavy (non-hydrogen) atoms. The highest BCUT2D eigenvalue weighted by Gasteiger charge is 2.27. The number of aromatic nitrogens is 2. The van der Waals surface area contributed by atoms with Crippen molar-refractivity contribution >= 4 is 50.8 Å². The molecule has 3 aromatic rings. The van der Waals surface area contributed by atoms with Crippen LogP contribution in [0.2, 0.25) is 0 Å². The van der Waals surface area contributed by atoms with E-state index >= 15 is 0 Å². The van der Waals surface area contributed by atoms with Gasteiger partial charge in [-0.25, -0.2) is 9.37 Å². The van der Waals surface area contributed by atoms with Gasteiger partial charge in [-0.05, 0) is 37.0 Å². The van der Waals surface area contributed by atoms with Gasteiger partial charge in [0.05, 0.1) is 36.0 Å². The number of fused-ring (bicyclic) bond motifs is 3. The number of hydrogen-bond acceptors (Lipinski definition) is 7. The fourth-order valence-corrected chi connectivity index (χ4v) is 6.55. The predicted octanol–water partition coefficient (Wildman–Crippen LogP) is 3.41. The van der Waals surface area contributed by atoms with E-state index in [1.165, 1.54) is 23.5 Å². The van der Waals surface area contributed by atoms with E-state index in [1.54, 1.807) is 28.5 Å². The fourth-order valence-electron chi connectivity index (χ4n) is 4.47. The van der Waals surface area contributed by atoms with Gasteiger partial charge in [-0.3, -0.25) is 19.0 Å². The summed E-state index contributed by atoms with van der Waals surface area (Å²) in [4.78, 5) is 46.2. The van der Waals surface area contributed by atoms with Crippen LogP contribution in [0.3, 0.4) is 0 Å². The molecule has 0 saturated carbocycles. The molecule has 1 N–H and O–H groups in total. The van der Waals surface area contributed by atoms with Crippen LogP contribution in [0, 0.1) is 5.82 Å². The van der Waals surface area contributed by atoms with E-state index in [2.05, 4.69) is 5.32 Å². The summed E-state index contributed by atoms with van der Waals surface area (Å²) in [5.74, 6) is -0.916. The molecule has 184 valence electrons. The van der Waals surface area contributed by atoms with Crippen molar-refractivity contribution in [2.24, 2.45) is 0 Å². The smallest absolute Gasteiger partial charge is 0.263 e. The summed E-state index contributed by atoms with van der Waals surface area (Å²) in [6, 6.07) is 5.98. The van der Waals surface area contributed by atoms with Crippen LogP contribution < -0.4 is 10.9 Å². The van der Waals surface area contributed by atoms with Crippen molar-refractivity contribution in [3.05, 3.63) is 50.9 Å². The Labute approximate surface area is 209 Å². The van der Waals surface area contributed by atoms with E-state index in [0.29, 0.717) is 48.0 Å². The van der Waals surface area contributed by atoms with Gasteiger partial charge >= 0.3 is 0 Å². The first-order chi connectivity index (χ1) is 16.9. The van der Waals surface area contributed by atoms with Gasteiger partial charge in [0.15, 0.2) is 5.16 Å². The molecule has 2 amide bonds. The van der Waals surface area contributed by atoms with Gasteiger partial charge in [0, 0.05) is 25.0 Å². The SMILES string of the molecule is CC(=O)N1CCc2c(sc3nc(SCC(=O)Nc4ccccc4F)n(CC4CCCO4)c(=O)c23)C1. The molecule has 0 radical (unpaired) electrons. The van der Waals surface area contributed by atoms with Gasteiger partial charge in [-0.15, -0.1) is 11.3 Å². The lowest BCUT2D eigenvalue weighted by Crippen LogP contribution is -2.34. The van der Waals surface area contributed by atoms with Gasteiger partial charge < -0.3 is 15.0 Å². The number of carbonyl (C=O) groups excluding carboxylic acids is 2. The summed E-state index contributed by atoms with van der Waals surface area (Å²) < 4.78 is 21.3. The third kappa shape index (κ3) is 4.98. The third-order valence-corrected chi connectivity index (χ3v) is 8.35. The highest BCUT2D eigenvalue weighted by atomic mass is 32.2. The summed E-state index contributed by atoms with van der Waals surface area (Å²) in [5.41, 5.74) is 0.936. The van der Waals surface area contributed by atoms with Crippen molar-refractivity contribution < 1.29 is 18.7 Å². The van der Waals surface area contributed by atoms with E-state index in [-0.39, 0.29) is 34.9 Å². The summed E-state index contributed by atoms with van der Waals surface area (Å²) in [6.07, 6.45) is 2.33. The Balaban J connectivity index is 1.45. The average molecular weight is 517 g/mol. The number of ether oxygens (including phenoxy) is 1. The number of hydrogen-bond donors (Lipinski definition) is 1. The Kier molecular flexibility index (Phi) is 6.90. The second-order valence-corrected chi connectivity index (χ2v) is 10.7. The molecule has 1 unspecified atom stereocenters. The first kappa shape index (κ1) is 24.0. The summed E-state index contributed by atoms with van der Waals surface area (Å²) in [6.45, 7) is 3.63. The number of amides is 2. The molecule has 8 nitrogen and oxygen atoms in total. The molecule has 1 saturated heterocycles. The Bertz CT molecular complexity index is 1350. The molecular weight excluding hydrogens is 491 g/mol. The normalized spacial score (nSPS) is 17.5. The van der Waals surface area contributed by atoms with Crippen molar-refractivity contribution in [3.63, 3.8) is 0 Å². The molecule has 1 fully saturated rings. The van der Waals surface area contributed by atoms with E-state index in [9.17, 15) is 18.8 Å². The maximum atomic E-state index is 13.9. The standard InChI is InChI=1S/C24H25FN4O4S2/c1-14(30)28-9-8-16-19(12-28)35-22-21(16)23(32)29(11-15-5-4-10-33-15)24(27-22)34-13-20(31)26-18-7-3-2-6-17(18)25/h2-3,6-7,15H,4-5,8-13H2,1H3,(H,26,31). The van der Waals surface area contributed by atoms with Crippen LogP contribution in [0.25, 0.3) is 10.2 Å². The molecule has 4 heterocycles. The van der Waals surface area contributed by atoms with E-state index in [0.717, 1.165) is 35.0 Å². The summed E-state index contributed by atoms with van der Waals surface area (Å²) in [7, 11) is 0. The first-order valence-corrected chi connectivity index (χ1v) is 13.3. The molecule has 2 aliphatic rings. The molecular formula is C24H25FN4O4S2. The van der Waals surface area contributed by atoms with Crippen molar-refractivity contribution in [1.29, 1.82) is 0 Å². The number of nitrogens with zero attached hydrogens (tertiary/aromatic N) is 3. The Morgan fingerprint density at radius 1 is 1.34 bits per heavy atom. The minimum absolute atomic E-state index is 0.00830. The second kappa shape index (κ2) is 10.1. The molecule has 2 aromatic heterocycles. The number of rotatable bonds is 6.